The number of hydrogen-bond donors (Lipinski definition) is 1. The topological polar surface area (TPSA) is 60.5 Å². The fourth-order valence-corrected chi connectivity index (χ4v) is 3.57. The van der Waals surface area contributed by atoms with Crippen LogP contribution >= 0.6 is 27.3 Å². The van der Waals surface area contributed by atoms with E-state index in [2.05, 4.69) is 33.2 Å². The Hall–Kier alpha value is -1.18. The summed E-state index contributed by atoms with van der Waals surface area (Å²) in [6.45, 7) is 4.60. The summed E-state index contributed by atoms with van der Waals surface area (Å²) in [5.74, 6) is 0.725. The number of carbonyl (C=O) groups is 1. The molecule has 0 unspecified atom stereocenters. The molecule has 0 saturated carbocycles. The summed E-state index contributed by atoms with van der Waals surface area (Å²) in [4.78, 5) is 16.4. The van der Waals surface area contributed by atoms with Crippen molar-refractivity contribution in [2.24, 2.45) is 0 Å². The first-order valence-corrected chi connectivity index (χ1v) is 9.77. The second-order valence-corrected chi connectivity index (χ2v) is 7.77. The molecule has 0 bridgehead atoms. The van der Waals surface area contributed by atoms with E-state index in [1.807, 2.05) is 25.1 Å². The monoisotopic (exact) mass is 414 g/mol. The summed E-state index contributed by atoms with van der Waals surface area (Å²) in [7, 11) is 1.65. The predicted molar refractivity (Wildman–Crippen MR) is 102 cm³/mol. The summed E-state index contributed by atoms with van der Waals surface area (Å²) < 4.78 is 11.8. The first kappa shape index (κ1) is 19.1. The van der Waals surface area contributed by atoms with Gasteiger partial charge < -0.3 is 14.8 Å². The Morgan fingerprint density at radius 2 is 2.25 bits per heavy atom. The van der Waals surface area contributed by atoms with Crippen molar-refractivity contribution in [2.75, 3.05) is 19.0 Å². The molecule has 24 heavy (non-hydrogen) atoms. The van der Waals surface area contributed by atoms with E-state index in [9.17, 15) is 4.79 Å². The number of nitrogens with one attached hydrogen (secondary N) is 1. The van der Waals surface area contributed by atoms with Crippen LogP contribution in [0.2, 0.25) is 0 Å². The SMILES string of the molecule is CCCC[C@H](Br)C(=O)Nc1nc2ccc(O[C@@H](C)COC)cc2s1. The predicted octanol–water partition coefficient (Wildman–Crippen LogP) is 4.60. The number of amides is 1. The van der Waals surface area contributed by atoms with Gasteiger partial charge in [-0.25, -0.2) is 4.98 Å². The van der Waals surface area contributed by atoms with Gasteiger partial charge in [0.1, 0.15) is 11.9 Å². The van der Waals surface area contributed by atoms with Crippen LogP contribution in [0.3, 0.4) is 0 Å². The maximum atomic E-state index is 12.1. The van der Waals surface area contributed by atoms with Gasteiger partial charge in [0.25, 0.3) is 0 Å². The van der Waals surface area contributed by atoms with Crippen LogP contribution in [-0.2, 0) is 9.53 Å². The molecule has 0 radical (unpaired) electrons. The lowest BCUT2D eigenvalue weighted by Gasteiger charge is -2.13. The molecule has 1 heterocycles. The van der Waals surface area contributed by atoms with Gasteiger partial charge in [-0.3, -0.25) is 4.79 Å². The molecule has 7 heteroatoms. The van der Waals surface area contributed by atoms with Crippen molar-refractivity contribution in [1.82, 2.24) is 4.98 Å². The van der Waals surface area contributed by atoms with Crippen LogP contribution in [0.15, 0.2) is 18.2 Å². The molecule has 0 aliphatic heterocycles. The summed E-state index contributed by atoms with van der Waals surface area (Å²) in [5, 5.41) is 3.49. The molecule has 5 nitrogen and oxygen atoms in total. The number of hydrogen-bond acceptors (Lipinski definition) is 5. The molecular formula is C17H23BrN2O3S. The van der Waals surface area contributed by atoms with Crippen molar-refractivity contribution in [3.8, 4) is 5.75 Å². The fourth-order valence-electron chi connectivity index (χ4n) is 2.23. The lowest BCUT2D eigenvalue weighted by atomic mass is 10.2. The second-order valence-electron chi connectivity index (χ2n) is 5.63. The van der Waals surface area contributed by atoms with Gasteiger partial charge in [0, 0.05) is 7.11 Å². The van der Waals surface area contributed by atoms with Crippen LogP contribution in [0.1, 0.15) is 33.1 Å². The van der Waals surface area contributed by atoms with Gasteiger partial charge >= 0.3 is 0 Å². The van der Waals surface area contributed by atoms with E-state index in [4.69, 9.17) is 9.47 Å². The van der Waals surface area contributed by atoms with Crippen LogP contribution in [0.25, 0.3) is 10.2 Å². The van der Waals surface area contributed by atoms with Crippen LogP contribution in [0.5, 0.6) is 5.75 Å². The van der Waals surface area contributed by atoms with E-state index < -0.39 is 0 Å². The molecule has 2 rings (SSSR count). The molecule has 0 spiro atoms. The number of alkyl halides is 1. The highest BCUT2D eigenvalue weighted by Gasteiger charge is 2.16. The van der Waals surface area contributed by atoms with Gasteiger partial charge in [-0.2, -0.15) is 0 Å². The number of ether oxygens (including phenoxy) is 2. The molecule has 1 aromatic heterocycles. The van der Waals surface area contributed by atoms with E-state index >= 15 is 0 Å². The van der Waals surface area contributed by atoms with Crippen molar-refractivity contribution in [2.45, 2.75) is 44.0 Å². The maximum Gasteiger partial charge on any atom is 0.239 e. The Bertz CT molecular complexity index is 677. The number of thiazole rings is 1. The Labute approximate surface area is 154 Å². The molecule has 1 aromatic carbocycles. The second kappa shape index (κ2) is 9.34. The Morgan fingerprint density at radius 1 is 1.46 bits per heavy atom. The highest BCUT2D eigenvalue weighted by atomic mass is 79.9. The van der Waals surface area contributed by atoms with Gasteiger partial charge in [0.2, 0.25) is 5.91 Å². The van der Waals surface area contributed by atoms with Gasteiger partial charge in [-0.15, -0.1) is 0 Å². The molecule has 132 valence electrons. The quantitative estimate of drug-likeness (QED) is 0.608. The van der Waals surface area contributed by atoms with Crippen LogP contribution in [0.4, 0.5) is 5.13 Å². The first-order valence-electron chi connectivity index (χ1n) is 8.04. The standard InChI is InChI=1S/C17H23BrN2O3S/c1-4-5-6-13(18)16(21)20-17-19-14-8-7-12(9-15(14)24-17)23-11(2)10-22-3/h7-9,11,13H,4-6,10H2,1-3H3,(H,19,20,21)/t11-,13-/m0/s1. The maximum absolute atomic E-state index is 12.1. The van der Waals surface area contributed by atoms with Crippen LogP contribution in [-0.4, -0.2) is 35.5 Å². The molecule has 2 aromatic rings. The molecule has 0 aliphatic carbocycles. The molecule has 1 amide bonds. The van der Waals surface area contributed by atoms with E-state index in [0.29, 0.717) is 11.7 Å². The molecule has 0 saturated heterocycles. The highest BCUT2D eigenvalue weighted by Crippen LogP contribution is 2.30. The minimum Gasteiger partial charge on any atom is -0.488 e. The smallest absolute Gasteiger partial charge is 0.239 e. The van der Waals surface area contributed by atoms with Crippen molar-refractivity contribution < 1.29 is 14.3 Å². The van der Waals surface area contributed by atoms with Gasteiger partial charge in [0.15, 0.2) is 5.13 Å². The molecule has 2 atom stereocenters. The van der Waals surface area contributed by atoms with Crippen LogP contribution < -0.4 is 10.1 Å². The van der Waals surface area contributed by atoms with Gasteiger partial charge in [-0.1, -0.05) is 47.0 Å². The average molecular weight is 415 g/mol. The highest BCUT2D eigenvalue weighted by molar-refractivity contribution is 9.10. The minimum atomic E-state index is -0.182. The van der Waals surface area contributed by atoms with Gasteiger partial charge in [0.05, 0.1) is 21.7 Å². The molecule has 0 fully saturated rings. The summed E-state index contributed by atoms with van der Waals surface area (Å²) in [5.41, 5.74) is 0.849. The third-order valence-electron chi connectivity index (χ3n) is 3.42. The number of rotatable bonds is 9. The summed E-state index contributed by atoms with van der Waals surface area (Å²) in [6.07, 6.45) is 2.89. The number of methoxy groups -OCH3 is 1. The van der Waals surface area contributed by atoms with Crippen LogP contribution in [0, 0.1) is 0 Å². The van der Waals surface area contributed by atoms with E-state index in [1.54, 1.807) is 7.11 Å². The number of unbranched alkanes of at least 4 members (excludes halogenated alkanes) is 1. The number of anilines is 1. The molecule has 0 aliphatic rings. The van der Waals surface area contributed by atoms with E-state index in [1.165, 1.54) is 11.3 Å². The summed E-state index contributed by atoms with van der Waals surface area (Å²) in [6, 6.07) is 5.73. The lowest BCUT2D eigenvalue weighted by molar-refractivity contribution is -0.115. The number of carbonyl (C=O) groups excluding carboxylic acids is 1. The number of aromatic nitrogens is 1. The largest absolute Gasteiger partial charge is 0.488 e. The normalized spacial score (nSPS) is 13.7. The number of fused-ring (bicyclic) bond motifs is 1. The average Bonchev–Trinajstić information content (AvgIpc) is 2.94. The number of benzene rings is 1. The minimum absolute atomic E-state index is 0.0211. The van der Waals surface area contributed by atoms with E-state index in [-0.39, 0.29) is 16.8 Å². The summed E-state index contributed by atoms with van der Waals surface area (Å²) >= 11 is 4.88. The molecule has 1 N–H and O–H groups in total. The number of halogens is 1. The number of nitrogens with zero attached hydrogens (tertiary/aromatic N) is 1. The van der Waals surface area contributed by atoms with E-state index in [0.717, 1.165) is 35.2 Å². The van der Waals surface area contributed by atoms with Gasteiger partial charge in [-0.05, 0) is 31.5 Å². The third-order valence-corrected chi connectivity index (χ3v) is 5.23. The van der Waals surface area contributed by atoms with Crippen molar-refractivity contribution in [1.29, 1.82) is 0 Å². The third kappa shape index (κ3) is 5.43. The Balaban J connectivity index is 2.04. The zero-order valence-electron chi connectivity index (χ0n) is 14.2. The van der Waals surface area contributed by atoms with Crippen molar-refractivity contribution in [3.05, 3.63) is 18.2 Å². The lowest BCUT2D eigenvalue weighted by Crippen LogP contribution is -2.22. The Morgan fingerprint density at radius 3 is 2.96 bits per heavy atom. The zero-order valence-corrected chi connectivity index (χ0v) is 16.6. The molecular weight excluding hydrogens is 392 g/mol. The Kier molecular flexibility index (Phi) is 7.45. The zero-order chi connectivity index (χ0) is 17.5. The fraction of sp³-hybridized carbons (Fsp3) is 0.529. The first-order chi connectivity index (χ1) is 11.5. The van der Waals surface area contributed by atoms with Crippen molar-refractivity contribution in [3.63, 3.8) is 0 Å². The van der Waals surface area contributed by atoms with Crippen molar-refractivity contribution >= 4 is 48.5 Å².